The zero-order valence-corrected chi connectivity index (χ0v) is 24.1. The van der Waals surface area contributed by atoms with E-state index in [4.69, 9.17) is 4.52 Å². The third kappa shape index (κ3) is 6.05. The van der Waals surface area contributed by atoms with E-state index in [9.17, 15) is 19.8 Å². The van der Waals surface area contributed by atoms with Gasteiger partial charge in [-0.1, -0.05) is 50.2 Å². The minimum atomic E-state index is -0.873. The van der Waals surface area contributed by atoms with Gasteiger partial charge in [0.05, 0.1) is 34.8 Å². The van der Waals surface area contributed by atoms with Crippen molar-refractivity contribution in [3.63, 3.8) is 0 Å². The number of nitrogens with one attached hydrogen (secondary N) is 1. The van der Waals surface area contributed by atoms with E-state index in [2.05, 4.69) is 15.5 Å². The quantitative estimate of drug-likeness (QED) is 0.337. The highest BCUT2D eigenvalue weighted by Gasteiger charge is 2.46. The third-order valence-corrected chi connectivity index (χ3v) is 8.07. The zero-order valence-electron chi connectivity index (χ0n) is 21.1. The molecular formula is C26H31IN4O5S. The lowest BCUT2D eigenvalue weighted by atomic mass is 9.78. The van der Waals surface area contributed by atoms with Crippen molar-refractivity contribution in [3.05, 3.63) is 56.6 Å². The molecule has 4 atom stereocenters. The molecule has 1 aliphatic rings. The van der Waals surface area contributed by atoms with E-state index in [0.29, 0.717) is 9.46 Å². The summed E-state index contributed by atoms with van der Waals surface area (Å²) in [4.78, 5) is 33.9. The van der Waals surface area contributed by atoms with Crippen LogP contribution in [0.4, 0.5) is 0 Å². The molecule has 3 heterocycles. The standard InChI is InChI=1S/C26H31IN4O5S/c1-14-23(37-13-28-14)16-7-5-15(6-8-16)18(12-32)29-24(34)19-9-17(33)11-31(19)25(35)22(26(2,3)4)20-10-21(27)30-36-20/h5-8,10,13,17-19,22,32-33H,9,11-12H2,1-4H3,(H,29,34)/t17-,18+,19+,22-/m1/s1. The van der Waals surface area contributed by atoms with Crippen LogP contribution in [-0.4, -0.2) is 62.4 Å². The van der Waals surface area contributed by atoms with Crippen LogP contribution in [0.2, 0.25) is 0 Å². The van der Waals surface area contributed by atoms with Crippen molar-refractivity contribution in [2.45, 2.75) is 58.2 Å². The van der Waals surface area contributed by atoms with Gasteiger partial charge in [0.1, 0.15) is 15.7 Å². The molecule has 11 heteroatoms. The fraction of sp³-hybridized carbons (Fsp3) is 0.462. The van der Waals surface area contributed by atoms with E-state index in [1.807, 2.05) is 74.6 Å². The van der Waals surface area contributed by atoms with Gasteiger partial charge in [0.2, 0.25) is 11.8 Å². The molecular weight excluding hydrogens is 607 g/mol. The molecule has 0 saturated carbocycles. The summed E-state index contributed by atoms with van der Waals surface area (Å²) in [6.07, 6.45) is -0.714. The van der Waals surface area contributed by atoms with Gasteiger partial charge in [-0.25, -0.2) is 4.98 Å². The molecule has 0 aliphatic carbocycles. The Kier molecular flexibility index (Phi) is 8.36. The van der Waals surface area contributed by atoms with Gasteiger partial charge in [0.15, 0.2) is 5.76 Å². The SMILES string of the molecule is Cc1ncsc1-c1ccc([C@H](CO)NC(=O)[C@@H]2C[C@@H](O)CN2C(=O)[C@@H](c2cc(I)no2)C(C)(C)C)cc1. The molecule has 2 amide bonds. The summed E-state index contributed by atoms with van der Waals surface area (Å²) in [6.45, 7) is 7.45. The van der Waals surface area contributed by atoms with Crippen LogP contribution in [0.3, 0.4) is 0 Å². The minimum Gasteiger partial charge on any atom is -0.394 e. The van der Waals surface area contributed by atoms with Gasteiger partial charge < -0.3 is 25.0 Å². The average Bonchev–Trinajstić information content (AvgIpc) is 3.56. The maximum Gasteiger partial charge on any atom is 0.243 e. The Hall–Kier alpha value is -2.35. The summed E-state index contributed by atoms with van der Waals surface area (Å²) >= 11 is 3.58. The molecule has 4 rings (SSSR count). The number of rotatable bonds is 7. The second kappa shape index (κ2) is 11.2. The Bertz CT molecular complexity index is 1250. The number of aliphatic hydroxyl groups excluding tert-OH is 2. The molecule has 1 fully saturated rings. The van der Waals surface area contributed by atoms with Crippen molar-refractivity contribution in [1.29, 1.82) is 0 Å². The molecule has 0 bridgehead atoms. The van der Waals surface area contributed by atoms with Crippen molar-refractivity contribution >= 4 is 45.7 Å². The molecule has 0 spiro atoms. The maximum absolute atomic E-state index is 13.8. The first kappa shape index (κ1) is 27.7. The van der Waals surface area contributed by atoms with E-state index in [0.717, 1.165) is 21.7 Å². The number of carbonyl (C=O) groups excluding carboxylic acids is 2. The number of thiazole rings is 1. The van der Waals surface area contributed by atoms with Crippen LogP contribution in [0.5, 0.6) is 0 Å². The molecule has 1 aromatic carbocycles. The molecule has 3 N–H and O–H groups in total. The molecule has 1 aliphatic heterocycles. The Morgan fingerprint density at radius 1 is 1.30 bits per heavy atom. The minimum absolute atomic E-state index is 0.0431. The van der Waals surface area contributed by atoms with Crippen LogP contribution in [-0.2, 0) is 9.59 Å². The van der Waals surface area contributed by atoms with Crippen LogP contribution in [0.1, 0.15) is 56.2 Å². The first-order valence-electron chi connectivity index (χ1n) is 12.0. The third-order valence-electron chi connectivity index (χ3n) is 6.58. The Balaban J connectivity index is 1.52. The van der Waals surface area contributed by atoms with Crippen molar-refractivity contribution in [2.24, 2.45) is 5.41 Å². The van der Waals surface area contributed by atoms with Crippen molar-refractivity contribution in [1.82, 2.24) is 20.4 Å². The van der Waals surface area contributed by atoms with Crippen LogP contribution < -0.4 is 5.32 Å². The highest BCUT2D eigenvalue weighted by atomic mass is 127. The second-order valence-electron chi connectivity index (χ2n) is 10.4. The van der Waals surface area contributed by atoms with Gasteiger partial charge in [-0.15, -0.1) is 11.3 Å². The Morgan fingerprint density at radius 3 is 2.54 bits per heavy atom. The summed E-state index contributed by atoms with van der Waals surface area (Å²) < 4.78 is 6.07. The first-order valence-corrected chi connectivity index (χ1v) is 14.0. The number of likely N-dealkylation sites (tertiary alicyclic amines) is 1. The number of aromatic nitrogens is 2. The van der Waals surface area contributed by atoms with Crippen molar-refractivity contribution in [3.8, 4) is 10.4 Å². The topological polar surface area (TPSA) is 129 Å². The second-order valence-corrected chi connectivity index (χ2v) is 12.3. The van der Waals surface area contributed by atoms with Crippen LogP contribution in [0, 0.1) is 16.0 Å². The number of amides is 2. The van der Waals surface area contributed by atoms with E-state index in [-0.39, 0.29) is 25.5 Å². The lowest BCUT2D eigenvalue weighted by Gasteiger charge is -2.33. The van der Waals surface area contributed by atoms with Crippen LogP contribution in [0.15, 0.2) is 40.4 Å². The molecule has 3 aromatic rings. The number of hydrogen-bond acceptors (Lipinski definition) is 8. The molecule has 2 aromatic heterocycles. The number of carbonyl (C=O) groups is 2. The first-order chi connectivity index (χ1) is 17.5. The Labute approximate surface area is 233 Å². The highest BCUT2D eigenvalue weighted by molar-refractivity contribution is 14.1. The molecule has 9 nitrogen and oxygen atoms in total. The number of halogens is 1. The lowest BCUT2D eigenvalue weighted by Crippen LogP contribution is -2.50. The highest BCUT2D eigenvalue weighted by Crippen LogP contribution is 2.39. The summed E-state index contributed by atoms with van der Waals surface area (Å²) in [6, 6.07) is 7.79. The van der Waals surface area contributed by atoms with E-state index in [1.165, 1.54) is 4.90 Å². The predicted octanol–water partition coefficient (Wildman–Crippen LogP) is 3.65. The predicted molar refractivity (Wildman–Crippen MR) is 148 cm³/mol. The van der Waals surface area contributed by atoms with Crippen molar-refractivity contribution < 1.29 is 24.3 Å². The number of aryl methyl sites for hydroxylation is 1. The van der Waals surface area contributed by atoms with Crippen molar-refractivity contribution in [2.75, 3.05) is 13.2 Å². The van der Waals surface area contributed by atoms with Crippen LogP contribution >= 0.6 is 33.9 Å². The molecule has 0 radical (unpaired) electrons. The molecule has 198 valence electrons. The summed E-state index contributed by atoms with van der Waals surface area (Å²) in [5, 5.41) is 27.3. The average molecular weight is 639 g/mol. The molecule has 1 saturated heterocycles. The number of nitrogens with zero attached hydrogens (tertiary/aromatic N) is 3. The number of hydrogen-bond donors (Lipinski definition) is 3. The van der Waals surface area contributed by atoms with Gasteiger partial charge in [-0.2, -0.15) is 0 Å². The van der Waals surface area contributed by atoms with Crippen LogP contribution in [0.25, 0.3) is 10.4 Å². The fourth-order valence-corrected chi connectivity index (χ4v) is 5.96. The monoisotopic (exact) mass is 638 g/mol. The molecule has 0 unspecified atom stereocenters. The summed E-state index contributed by atoms with van der Waals surface area (Å²) in [5.74, 6) is -0.986. The zero-order chi connectivity index (χ0) is 26.9. The number of benzene rings is 1. The van der Waals surface area contributed by atoms with E-state index in [1.54, 1.807) is 22.9 Å². The van der Waals surface area contributed by atoms with E-state index >= 15 is 0 Å². The van der Waals surface area contributed by atoms with Gasteiger partial charge in [0, 0.05) is 19.0 Å². The Morgan fingerprint density at radius 2 is 2.00 bits per heavy atom. The van der Waals surface area contributed by atoms with Gasteiger partial charge in [-0.05, 0) is 46.1 Å². The number of β-amino-alcohol motifs (C(OH)–C–C–N with tert-alkyl or cyclic N) is 1. The summed E-state index contributed by atoms with van der Waals surface area (Å²) in [7, 11) is 0. The van der Waals surface area contributed by atoms with E-state index < -0.39 is 35.4 Å². The maximum atomic E-state index is 13.8. The largest absolute Gasteiger partial charge is 0.394 e. The van der Waals surface area contributed by atoms with Gasteiger partial charge in [0.25, 0.3) is 0 Å². The molecule has 37 heavy (non-hydrogen) atoms. The normalized spacial score (nSPS) is 19.6. The summed E-state index contributed by atoms with van der Waals surface area (Å²) in [5.41, 5.74) is 3.98. The fourth-order valence-electron chi connectivity index (χ4n) is 4.74. The lowest BCUT2D eigenvalue weighted by molar-refractivity contribution is -0.142. The van der Waals surface area contributed by atoms with Gasteiger partial charge >= 0.3 is 0 Å². The number of aliphatic hydroxyl groups is 2. The smallest absolute Gasteiger partial charge is 0.243 e. The van der Waals surface area contributed by atoms with Gasteiger partial charge in [-0.3, -0.25) is 9.59 Å².